The molecular formula is C30H32F2N4O5. The van der Waals surface area contributed by atoms with E-state index in [4.69, 9.17) is 4.74 Å². The van der Waals surface area contributed by atoms with Crippen LogP contribution in [0.15, 0.2) is 41.2 Å². The number of aryl methyl sites for hydroxylation is 3. The van der Waals surface area contributed by atoms with Crippen LogP contribution < -0.4 is 15.6 Å². The molecule has 2 aliphatic heterocycles. The number of amides is 2. The Balaban J connectivity index is 1.45. The highest BCUT2D eigenvalue weighted by Crippen LogP contribution is 2.53. The first-order valence-corrected chi connectivity index (χ1v) is 13.4. The number of aliphatic hydroxyl groups is 1. The van der Waals surface area contributed by atoms with Crippen molar-refractivity contribution in [1.29, 1.82) is 0 Å². The van der Waals surface area contributed by atoms with Crippen LogP contribution in [-0.4, -0.2) is 49.7 Å². The van der Waals surface area contributed by atoms with E-state index in [0.717, 1.165) is 6.07 Å². The van der Waals surface area contributed by atoms with E-state index in [0.29, 0.717) is 29.7 Å². The van der Waals surface area contributed by atoms with Crippen LogP contribution in [0.2, 0.25) is 0 Å². The molecule has 0 radical (unpaired) electrons. The van der Waals surface area contributed by atoms with Crippen molar-refractivity contribution in [1.82, 2.24) is 20.4 Å². The normalized spacial score (nSPS) is 22.1. The van der Waals surface area contributed by atoms with E-state index in [1.807, 2.05) is 0 Å². The fraction of sp³-hybridized carbons (Fsp3) is 0.400. The van der Waals surface area contributed by atoms with Crippen molar-refractivity contribution in [2.24, 2.45) is 0 Å². The lowest BCUT2D eigenvalue weighted by molar-refractivity contribution is -0.138. The molecule has 0 saturated carbocycles. The van der Waals surface area contributed by atoms with E-state index in [1.54, 1.807) is 44.7 Å². The molecule has 2 saturated heterocycles. The highest BCUT2D eigenvalue weighted by Gasteiger charge is 2.61. The summed E-state index contributed by atoms with van der Waals surface area (Å²) in [5.74, 6) is -2.84. The van der Waals surface area contributed by atoms with Gasteiger partial charge in [-0.15, -0.1) is 0 Å². The molecular weight excluding hydrogens is 534 g/mol. The average Bonchev–Trinajstić information content (AvgIpc) is 3.38. The minimum absolute atomic E-state index is 0.0535. The van der Waals surface area contributed by atoms with Gasteiger partial charge in [-0.3, -0.25) is 14.4 Å². The number of fused-ring (bicyclic) bond motifs is 1. The van der Waals surface area contributed by atoms with Gasteiger partial charge in [0.25, 0.3) is 5.91 Å². The Bertz CT molecular complexity index is 1570. The number of aromatic nitrogens is 2. The van der Waals surface area contributed by atoms with Crippen molar-refractivity contribution in [2.75, 3.05) is 0 Å². The molecule has 3 heterocycles. The molecule has 3 aromatic rings. The minimum Gasteiger partial charge on any atom is -0.448 e. The van der Waals surface area contributed by atoms with Crippen molar-refractivity contribution in [3.05, 3.63) is 86.3 Å². The molecule has 5 rings (SSSR count). The van der Waals surface area contributed by atoms with Gasteiger partial charge in [0, 0.05) is 23.6 Å². The first-order chi connectivity index (χ1) is 19.2. The maximum absolute atomic E-state index is 15.3. The second kappa shape index (κ2) is 10.1. The minimum atomic E-state index is -1.26. The molecule has 2 aromatic carbocycles. The van der Waals surface area contributed by atoms with Crippen LogP contribution in [0.4, 0.5) is 8.78 Å². The van der Waals surface area contributed by atoms with Crippen molar-refractivity contribution >= 4 is 11.8 Å². The first kappa shape index (κ1) is 28.4. The lowest BCUT2D eigenvalue weighted by atomic mass is 9.82. The zero-order chi connectivity index (χ0) is 29.9. The maximum Gasteiger partial charge on any atom is 0.307 e. The van der Waals surface area contributed by atoms with Crippen LogP contribution in [0.3, 0.4) is 0 Å². The molecule has 0 aliphatic carbocycles. The Hall–Kier alpha value is -4.12. The summed E-state index contributed by atoms with van der Waals surface area (Å²) >= 11 is 0. The number of carbonyl (C=O) groups is 2. The van der Waals surface area contributed by atoms with Crippen LogP contribution in [0, 0.1) is 32.4 Å². The highest BCUT2D eigenvalue weighted by atomic mass is 19.1. The number of hydrogen-bond donors (Lipinski definition) is 3. The Morgan fingerprint density at radius 2 is 1.88 bits per heavy atom. The van der Waals surface area contributed by atoms with Crippen LogP contribution in [0.25, 0.3) is 0 Å². The van der Waals surface area contributed by atoms with Gasteiger partial charge in [-0.05, 0) is 76.8 Å². The van der Waals surface area contributed by atoms with Gasteiger partial charge in [0.1, 0.15) is 11.9 Å². The molecule has 2 aliphatic rings. The van der Waals surface area contributed by atoms with Gasteiger partial charge in [-0.25, -0.2) is 13.9 Å². The Kier molecular flexibility index (Phi) is 6.97. The zero-order valence-corrected chi connectivity index (χ0v) is 23.5. The molecule has 9 nitrogen and oxygen atoms in total. The fourth-order valence-corrected chi connectivity index (χ4v) is 6.33. The molecule has 2 amide bonds. The first-order valence-electron chi connectivity index (χ1n) is 13.4. The van der Waals surface area contributed by atoms with E-state index in [9.17, 15) is 19.5 Å². The smallest absolute Gasteiger partial charge is 0.307 e. The number of benzene rings is 2. The average molecular weight is 567 g/mol. The van der Waals surface area contributed by atoms with Gasteiger partial charge < -0.3 is 20.1 Å². The number of nitrogens with one attached hydrogen (secondary N) is 2. The van der Waals surface area contributed by atoms with Crippen molar-refractivity contribution in [3.63, 3.8) is 0 Å². The third-order valence-electron chi connectivity index (χ3n) is 8.09. The van der Waals surface area contributed by atoms with Gasteiger partial charge in [-0.1, -0.05) is 12.1 Å². The molecule has 3 atom stereocenters. The van der Waals surface area contributed by atoms with E-state index < -0.39 is 52.2 Å². The fourth-order valence-electron chi connectivity index (χ4n) is 6.33. The summed E-state index contributed by atoms with van der Waals surface area (Å²) in [6.45, 7) is 8.15. The number of ether oxygens (including phenoxy) is 1. The zero-order valence-electron chi connectivity index (χ0n) is 23.5. The Morgan fingerprint density at radius 3 is 2.54 bits per heavy atom. The van der Waals surface area contributed by atoms with Crippen molar-refractivity contribution < 1.29 is 28.2 Å². The van der Waals surface area contributed by atoms with E-state index in [1.165, 1.54) is 25.1 Å². The van der Waals surface area contributed by atoms with Crippen LogP contribution in [-0.2, 0) is 10.3 Å². The summed E-state index contributed by atoms with van der Waals surface area (Å²) < 4.78 is 36.0. The predicted octanol–water partition coefficient (Wildman–Crippen LogP) is 3.93. The second-order valence-electron chi connectivity index (χ2n) is 11.5. The third kappa shape index (κ3) is 4.88. The van der Waals surface area contributed by atoms with Gasteiger partial charge in [0.15, 0.2) is 17.3 Å². The number of aromatic amines is 1. The van der Waals surface area contributed by atoms with Gasteiger partial charge in [-0.2, -0.15) is 5.10 Å². The molecule has 216 valence electrons. The monoisotopic (exact) mass is 566 g/mol. The molecule has 2 fully saturated rings. The quantitative estimate of drug-likeness (QED) is 0.416. The Morgan fingerprint density at radius 1 is 1.15 bits per heavy atom. The molecule has 11 heteroatoms. The maximum atomic E-state index is 15.3. The van der Waals surface area contributed by atoms with Gasteiger partial charge in [0.05, 0.1) is 22.9 Å². The third-order valence-corrected chi connectivity index (χ3v) is 8.09. The number of H-pyrrole nitrogens is 1. The Labute approximate surface area is 235 Å². The number of rotatable bonds is 6. The summed E-state index contributed by atoms with van der Waals surface area (Å²) in [4.78, 5) is 40.7. The summed E-state index contributed by atoms with van der Waals surface area (Å²) in [5.41, 5.74) is -1.25. The molecule has 1 aromatic heterocycles. The summed E-state index contributed by atoms with van der Waals surface area (Å²) in [5, 5.41) is 19.6. The predicted molar refractivity (Wildman–Crippen MR) is 146 cm³/mol. The lowest BCUT2D eigenvalue weighted by Gasteiger charge is -2.40. The largest absolute Gasteiger partial charge is 0.448 e. The van der Waals surface area contributed by atoms with Gasteiger partial charge >= 0.3 is 5.56 Å². The second-order valence-corrected chi connectivity index (χ2v) is 11.5. The van der Waals surface area contributed by atoms with Crippen molar-refractivity contribution in [2.45, 2.75) is 77.1 Å². The van der Waals surface area contributed by atoms with Crippen LogP contribution >= 0.6 is 0 Å². The van der Waals surface area contributed by atoms with Crippen molar-refractivity contribution in [3.8, 4) is 11.5 Å². The van der Waals surface area contributed by atoms with Crippen LogP contribution in [0.1, 0.15) is 65.9 Å². The summed E-state index contributed by atoms with van der Waals surface area (Å²) in [6.07, 6.45) is 0.975. The summed E-state index contributed by atoms with van der Waals surface area (Å²) in [7, 11) is 0. The standard InChI is InChI=1S/C30H32F2N4O5/c1-15-7-6-8-19(31)24(15)30-10-9-23(29(4,5)40)36(30)28(39)21(14-30)33-26(37)18-11-16(2)25(20(32)13-18)41-22-12-17(3)34-35-27(22)38/h6-8,11-13,21,23,40H,9-10,14H2,1-5H3,(H,33,37)(H,35,38)/t21-,23+,30+/m0/s1. The number of carbonyl (C=O) groups excluding carboxylic acids is 2. The van der Waals surface area contributed by atoms with E-state index in [2.05, 4.69) is 15.5 Å². The number of hydrogen-bond acceptors (Lipinski definition) is 6. The number of halogens is 2. The highest BCUT2D eigenvalue weighted by molar-refractivity contribution is 5.99. The van der Waals surface area contributed by atoms with Crippen LogP contribution in [0.5, 0.6) is 11.5 Å². The summed E-state index contributed by atoms with van der Waals surface area (Å²) in [6, 6.07) is 6.84. The van der Waals surface area contributed by atoms with E-state index >= 15 is 8.78 Å². The lowest BCUT2D eigenvalue weighted by Crippen LogP contribution is -2.53. The molecule has 0 bridgehead atoms. The SMILES string of the molecule is Cc1cc(Oc2c(C)cc(C(=O)N[C@H]3C[C@@]4(c5c(C)cccc5F)CC[C@H](C(C)(C)O)N4C3=O)cc2F)c(=O)[nH]n1. The topological polar surface area (TPSA) is 125 Å². The number of nitrogens with zero attached hydrogens (tertiary/aromatic N) is 2. The van der Waals surface area contributed by atoms with E-state index in [-0.39, 0.29) is 29.0 Å². The molecule has 41 heavy (non-hydrogen) atoms. The molecule has 0 unspecified atom stereocenters. The van der Waals surface area contributed by atoms with Gasteiger partial charge in [0.2, 0.25) is 5.91 Å². The molecule has 0 spiro atoms. The molecule has 3 N–H and O–H groups in total.